The molecule has 2 heteroatoms. The third-order valence-electron chi connectivity index (χ3n) is 1.83. The van der Waals surface area contributed by atoms with Crippen LogP contribution in [0, 0.1) is 0 Å². The van der Waals surface area contributed by atoms with Gasteiger partial charge in [-0.1, -0.05) is 30.3 Å². The Morgan fingerprint density at radius 1 is 1.27 bits per heavy atom. The first kappa shape index (κ1) is 6.40. The van der Waals surface area contributed by atoms with Crippen LogP contribution in [0.4, 0.5) is 0 Å². The molecule has 0 spiro atoms. The number of nitrogens with one attached hydrogen (secondary N) is 1. The monoisotopic (exact) mass is 147 g/mol. The van der Waals surface area contributed by atoms with E-state index in [1.165, 1.54) is 5.56 Å². The summed E-state index contributed by atoms with van der Waals surface area (Å²) >= 11 is 0. The summed E-state index contributed by atoms with van der Waals surface area (Å²) in [5.41, 5.74) is 1.22. The van der Waals surface area contributed by atoms with Crippen molar-refractivity contribution in [2.45, 2.75) is 12.5 Å². The standard InChI is InChI=1S/C9H9NO/c11-9-8(10-9)6-7-4-2-1-3-5-7/h1-5,8H,6H2,(H,10,11). The van der Waals surface area contributed by atoms with Crippen molar-refractivity contribution in [2.75, 3.05) is 0 Å². The second kappa shape index (κ2) is 2.38. The Hall–Kier alpha value is -1.31. The highest BCUT2D eigenvalue weighted by molar-refractivity contribution is 5.96. The van der Waals surface area contributed by atoms with Gasteiger partial charge in [0.25, 0.3) is 0 Å². The third-order valence-corrected chi connectivity index (χ3v) is 1.83. The van der Waals surface area contributed by atoms with Crippen LogP contribution in [-0.2, 0) is 11.2 Å². The second-order valence-electron chi connectivity index (χ2n) is 2.75. The van der Waals surface area contributed by atoms with Gasteiger partial charge in [0.15, 0.2) is 0 Å². The summed E-state index contributed by atoms with van der Waals surface area (Å²) in [5.74, 6) is 0.175. The molecular weight excluding hydrogens is 138 g/mol. The maximum absolute atomic E-state index is 10.6. The van der Waals surface area contributed by atoms with E-state index < -0.39 is 0 Å². The third kappa shape index (κ3) is 1.40. The number of hydrogen-bond acceptors (Lipinski definition) is 1. The normalized spacial score (nSPS) is 21.1. The van der Waals surface area contributed by atoms with Gasteiger partial charge in [-0.15, -0.1) is 0 Å². The van der Waals surface area contributed by atoms with E-state index in [1.54, 1.807) is 0 Å². The van der Waals surface area contributed by atoms with Crippen molar-refractivity contribution in [1.29, 1.82) is 0 Å². The maximum Gasteiger partial charge on any atom is 0.243 e. The fourth-order valence-corrected chi connectivity index (χ4v) is 1.12. The average molecular weight is 147 g/mol. The van der Waals surface area contributed by atoms with Crippen molar-refractivity contribution < 1.29 is 4.79 Å². The van der Waals surface area contributed by atoms with Crippen molar-refractivity contribution >= 4 is 5.91 Å². The Morgan fingerprint density at radius 2 is 1.91 bits per heavy atom. The lowest BCUT2D eigenvalue weighted by atomic mass is 10.1. The molecule has 1 heterocycles. The largest absolute Gasteiger partial charge is 0.342 e. The molecular formula is C9H9NO. The van der Waals surface area contributed by atoms with E-state index in [9.17, 15) is 4.79 Å². The molecule has 11 heavy (non-hydrogen) atoms. The smallest absolute Gasteiger partial charge is 0.243 e. The molecule has 0 aliphatic carbocycles. The molecule has 2 rings (SSSR count). The molecule has 1 aliphatic heterocycles. The number of amides is 1. The predicted octanol–water partition coefficient (Wildman–Crippen LogP) is 0.727. The zero-order valence-corrected chi connectivity index (χ0v) is 6.08. The van der Waals surface area contributed by atoms with E-state index in [0.29, 0.717) is 0 Å². The summed E-state index contributed by atoms with van der Waals surface area (Å²) in [5, 5.41) is 2.74. The highest BCUT2D eigenvalue weighted by atomic mass is 16.2. The summed E-state index contributed by atoms with van der Waals surface area (Å²) in [6, 6.07) is 10.1. The van der Waals surface area contributed by atoms with Crippen LogP contribution in [0.5, 0.6) is 0 Å². The van der Waals surface area contributed by atoms with Gasteiger partial charge in [-0.2, -0.15) is 0 Å². The molecule has 0 bridgehead atoms. The lowest BCUT2D eigenvalue weighted by Crippen LogP contribution is -1.96. The first-order valence-corrected chi connectivity index (χ1v) is 3.70. The van der Waals surface area contributed by atoms with Gasteiger partial charge in [-0.05, 0) is 5.56 Å². The second-order valence-corrected chi connectivity index (χ2v) is 2.75. The minimum Gasteiger partial charge on any atom is -0.342 e. The number of carbonyl (C=O) groups excluding carboxylic acids is 1. The molecule has 1 atom stereocenters. The summed E-state index contributed by atoms with van der Waals surface area (Å²) in [4.78, 5) is 10.6. The van der Waals surface area contributed by atoms with Crippen LogP contribution in [-0.4, -0.2) is 11.9 Å². The SMILES string of the molecule is O=C1NC1Cc1ccccc1. The van der Waals surface area contributed by atoms with Crippen molar-refractivity contribution in [1.82, 2.24) is 5.32 Å². The van der Waals surface area contributed by atoms with Gasteiger partial charge < -0.3 is 5.32 Å². The number of carbonyl (C=O) groups is 1. The zero-order chi connectivity index (χ0) is 7.68. The quantitative estimate of drug-likeness (QED) is 0.615. The van der Waals surface area contributed by atoms with Crippen LogP contribution < -0.4 is 5.32 Å². The van der Waals surface area contributed by atoms with E-state index in [0.717, 1.165) is 6.42 Å². The van der Waals surface area contributed by atoms with Gasteiger partial charge in [0.1, 0.15) is 6.04 Å². The molecule has 1 N–H and O–H groups in total. The fraction of sp³-hybridized carbons (Fsp3) is 0.222. The predicted molar refractivity (Wildman–Crippen MR) is 42.1 cm³/mol. The Labute approximate surface area is 65.2 Å². The highest BCUT2D eigenvalue weighted by Crippen LogP contribution is 2.09. The lowest BCUT2D eigenvalue weighted by molar-refractivity contribution is -0.110. The lowest BCUT2D eigenvalue weighted by Gasteiger charge is -1.93. The van der Waals surface area contributed by atoms with Gasteiger partial charge >= 0.3 is 0 Å². The van der Waals surface area contributed by atoms with E-state index in [-0.39, 0.29) is 11.9 Å². The first-order chi connectivity index (χ1) is 5.36. The summed E-state index contributed by atoms with van der Waals surface area (Å²) in [6.07, 6.45) is 0.833. The Morgan fingerprint density at radius 3 is 2.45 bits per heavy atom. The molecule has 1 unspecified atom stereocenters. The minimum absolute atomic E-state index is 0.0948. The Bertz CT molecular complexity index is 268. The summed E-state index contributed by atoms with van der Waals surface area (Å²) < 4.78 is 0. The minimum atomic E-state index is 0.0948. The van der Waals surface area contributed by atoms with Gasteiger partial charge in [0, 0.05) is 6.42 Å². The molecule has 1 fully saturated rings. The van der Waals surface area contributed by atoms with E-state index in [4.69, 9.17) is 0 Å². The first-order valence-electron chi connectivity index (χ1n) is 3.70. The van der Waals surface area contributed by atoms with Crippen molar-refractivity contribution in [3.63, 3.8) is 0 Å². The van der Waals surface area contributed by atoms with Crippen LogP contribution in [0.25, 0.3) is 0 Å². The van der Waals surface area contributed by atoms with Gasteiger partial charge in [0.2, 0.25) is 5.91 Å². The summed E-state index contributed by atoms with van der Waals surface area (Å²) in [7, 11) is 0. The van der Waals surface area contributed by atoms with E-state index >= 15 is 0 Å². The van der Waals surface area contributed by atoms with Crippen LogP contribution in [0.3, 0.4) is 0 Å². The topological polar surface area (TPSA) is 39.0 Å². The summed E-state index contributed by atoms with van der Waals surface area (Å²) in [6.45, 7) is 0. The molecule has 0 radical (unpaired) electrons. The molecule has 0 saturated carbocycles. The number of benzene rings is 1. The van der Waals surface area contributed by atoms with Crippen LogP contribution in [0.15, 0.2) is 30.3 Å². The van der Waals surface area contributed by atoms with Crippen molar-refractivity contribution in [2.24, 2.45) is 0 Å². The molecule has 1 saturated heterocycles. The molecule has 56 valence electrons. The van der Waals surface area contributed by atoms with Crippen molar-refractivity contribution in [3.8, 4) is 0 Å². The number of hydrogen-bond donors (Lipinski definition) is 1. The molecule has 1 aromatic rings. The Balaban J connectivity index is 2.02. The van der Waals surface area contributed by atoms with Gasteiger partial charge in [-0.25, -0.2) is 0 Å². The van der Waals surface area contributed by atoms with Crippen molar-refractivity contribution in [3.05, 3.63) is 35.9 Å². The maximum atomic E-state index is 10.6. The van der Waals surface area contributed by atoms with Gasteiger partial charge in [-0.3, -0.25) is 4.79 Å². The molecule has 1 aromatic carbocycles. The Kier molecular flexibility index (Phi) is 1.39. The van der Waals surface area contributed by atoms with Crippen LogP contribution in [0.1, 0.15) is 5.56 Å². The van der Waals surface area contributed by atoms with Crippen LogP contribution in [0.2, 0.25) is 0 Å². The average Bonchev–Trinajstić information content (AvgIpc) is 2.69. The molecule has 2 nitrogen and oxygen atoms in total. The van der Waals surface area contributed by atoms with E-state index in [1.807, 2.05) is 30.3 Å². The molecule has 1 aliphatic rings. The fourth-order valence-electron chi connectivity index (χ4n) is 1.12. The number of rotatable bonds is 2. The van der Waals surface area contributed by atoms with Crippen LogP contribution >= 0.6 is 0 Å². The van der Waals surface area contributed by atoms with Gasteiger partial charge in [0.05, 0.1) is 0 Å². The highest BCUT2D eigenvalue weighted by Gasteiger charge is 2.32. The van der Waals surface area contributed by atoms with E-state index in [2.05, 4.69) is 5.32 Å². The molecule has 0 aromatic heterocycles. The zero-order valence-electron chi connectivity index (χ0n) is 6.08. The molecule has 1 amide bonds.